The van der Waals surface area contributed by atoms with E-state index >= 15 is 0 Å². The minimum Gasteiger partial charge on any atom is -0.383 e. The molecule has 0 atom stereocenters. The van der Waals surface area contributed by atoms with Crippen LogP contribution in [0, 0.1) is 12.7 Å². The zero-order valence-electron chi connectivity index (χ0n) is 16.1. The van der Waals surface area contributed by atoms with Crippen molar-refractivity contribution in [2.45, 2.75) is 6.92 Å². The molecule has 0 fully saturated rings. The number of rotatable bonds is 7. The van der Waals surface area contributed by atoms with E-state index in [1.165, 1.54) is 12.1 Å². The molecule has 0 saturated carbocycles. The van der Waals surface area contributed by atoms with E-state index in [0.717, 1.165) is 5.56 Å². The number of fused-ring (bicyclic) bond motifs is 1. The van der Waals surface area contributed by atoms with Crippen molar-refractivity contribution in [2.24, 2.45) is 0 Å². The summed E-state index contributed by atoms with van der Waals surface area (Å²) in [6.45, 7) is 3.14. The number of benzene rings is 2. The highest BCUT2D eigenvalue weighted by atomic mass is 19.1. The Labute approximate surface area is 164 Å². The molecule has 0 saturated heterocycles. The lowest BCUT2D eigenvalue weighted by atomic mass is 10.1. The second-order valence-corrected chi connectivity index (χ2v) is 6.53. The van der Waals surface area contributed by atoms with Gasteiger partial charge in [-0.1, -0.05) is 42.5 Å². The van der Waals surface area contributed by atoms with Crippen LogP contribution in [0.25, 0.3) is 17.0 Å². The molecule has 3 aromatic rings. The van der Waals surface area contributed by atoms with Crippen LogP contribution in [0.2, 0.25) is 0 Å². The fraction of sp³-hybridized carbons (Fsp3) is 0.217. The molecule has 3 rings (SSSR count). The quantitative estimate of drug-likeness (QED) is 0.609. The largest absolute Gasteiger partial charge is 0.383 e. The summed E-state index contributed by atoms with van der Waals surface area (Å²) in [5, 5.41) is 0.645. The van der Waals surface area contributed by atoms with Crippen molar-refractivity contribution in [1.29, 1.82) is 0 Å². The molecule has 4 nitrogen and oxygen atoms in total. The molecule has 144 valence electrons. The SMILES string of the molecule is COCCN(CC=Cc1ccccc1)C(=O)c1cc(C)nc2cc(F)ccc12. The Balaban J connectivity index is 1.89. The van der Waals surface area contributed by atoms with Crippen molar-refractivity contribution in [3.8, 4) is 0 Å². The molecule has 0 radical (unpaired) electrons. The van der Waals surface area contributed by atoms with Crippen molar-refractivity contribution in [1.82, 2.24) is 9.88 Å². The number of hydrogen-bond acceptors (Lipinski definition) is 3. The molecule has 0 spiro atoms. The van der Waals surface area contributed by atoms with Crippen molar-refractivity contribution < 1.29 is 13.9 Å². The van der Waals surface area contributed by atoms with Gasteiger partial charge in [0.2, 0.25) is 0 Å². The molecule has 0 aliphatic heterocycles. The second-order valence-electron chi connectivity index (χ2n) is 6.53. The summed E-state index contributed by atoms with van der Waals surface area (Å²) in [7, 11) is 1.61. The normalized spacial score (nSPS) is 11.2. The first kappa shape index (κ1) is 19.7. The molecule has 1 amide bonds. The fourth-order valence-corrected chi connectivity index (χ4v) is 3.04. The molecule has 0 bridgehead atoms. The molecule has 2 aromatic carbocycles. The van der Waals surface area contributed by atoms with Gasteiger partial charge in [0.15, 0.2) is 0 Å². The van der Waals surface area contributed by atoms with E-state index in [2.05, 4.69) is 4.98 Å². The van der Waals surface area contributed by atoms with Gasteiger partial charge in [-0.3, -0.25) is 9.78 Å². The Hall–Kier alpha value is -3.05. The zero-order valence-corrected chi connectivity index (χ0v) is 16.1. The molecule has 1 aromatic heterocycles. The minimum absolute atomic E-state index is 0.128. The number of nitrogens with zero attached hydrogens (tertiary/aromatic N) is 2. The van der Waals surface area contributed by atoms with Crippen LogP contribution in [0.5, 0.6) is 0 Å². The molecule has 5 heteroatoms. The molecule has 0 aliphatic rings. The van der Waals surface area contributed by atoms with Crippen molar-refractivity contribution in [2.75, 3.05) is 26.8 Å². The lowest BCUT2D eigenvalue weighted by Gasteiger charge is -2.22. The molecule has 0 aliphatic carbocycles. The highest BCUT2D eigenvalue weighted by molar-refractivity contribution is 6.06. The number of amides is 1. The maximum Gasteiger partial charge on any atom is 0.254 e. The van der Waals surface area contributed by atoms with Gasteiger partial charge >= 0.3 is 0 Å². The number of pyridine rings is 1. The maximum absolute atomic E-state index is 13.6. The third kappa shape index (κ3) is 4.81. The number of methoxy groups -OCH3 is 1. The van der Waals surface area contributed by atoms with Crippen molar-refractivity contribution in [3.05, 3.63) is 83.3 Å². The number of aromatic nitrogens is 1. The van der Waals surface area contributed by atoms with Gasteiger partial charge in [0, 0.05) is 37.3 Å². The first-order valence-electron chi connectivity index (χ1n) is 9.15. The van der Waals surface area contributed by atoms with Crippen LogP contribution < -0.4 is 0 Å². The fourth-order valence-electron chi connectivity index (χ4n) is 3.04. The van der Waals surface area contributed by atoms with E-state index in [1.807, 2.05) is 42.5 Å². The third-order valence-electron chi connectivity index (χ3n) is 4.42. The number of aryl methyl sites for hydroxylation is 1. The lowest BCUT2D eigenvalue weighted by molar-refractivity contribution is 0.0720. The van der Waals surface area contributed by atoms with Crippen LogP contribution in [-0.2, 0) is 4.74 Å². The summed E-state index contributed by atoms with van der Waals surface area (Å²) in [5.41, 5.74) is 2.75. The van der Waals surface area contributed by atoms with Crippen LogP contribution in [-0.4, -0.2) is 42.6 Å². The first-order valence-corrected chi connectivity index (χ1v) is 9.15. The average Bonchev–Trinajstić information content (AvgIpc) is 2.70. The Bertz CT molecular complexity index is 981. The Morgan fingerprint density at radius 3 is 2.71 bits per heavy atom. The van der Waals surface area contributed by atoms with Gasteiger partial charge in [-0.15, -0.1) is 0 Å². The number of carbonyl (C=O) groups excluding carboxylic acids is 1. The van der Waals surface area contributed by atoms with Crippen molar-refractivity contribution in [3.63, 3.8) is 0 Å². The van der Waals surface area contributed by atoms with Gasteiger partial charge in [0.05, 0.1) is 17.7 Å². The van der Waals surface area contributed by atoms with Crippen LogP contribution in [0.3, 0.4) is 0 Å². The van der Waals surface area contributed by atoms with Crippen LogP contribution in [0.15, 0.2) is 60.7 Å². The number of carbonyl (C=O) groups is 1. The van der Waals surface area contributed by atoms with Gasteiger partial charge in [-0.25, -0.2) is 4.39 Å². The lowest BCUT2D eigenvalue weighted by Crippen LogP contribution is -2.34. The maximum atomic E-state index is 13.6. The summed E-state index contributed by atoms with van der Waals surface area (Å²) in [6.07, 6.45) is 3.94. The predicted molar refractivity (Wildman–Crippen MR) is 110 cm³/mol. The van der Waals surface area contributed by atoms with Gasteiger partial charge in [-0.05, 0) is 30.7 Å². The second kappa shape index (κ2) is 9.24. The summed E-state index contributed by atoms with van der Waals surface area (Å²) in [6, 6.07) is 16.0. The molecule has 0 unspecified atom stereocenters. The van der Waals surface area contributed by atoms with E-state index in [-0.39, 0.29) is 11.7 Å². The van der Waals surface area contributed by atoms with Gasteiger partial charge < -0.3 is 9.64 Å². The number of hydrogen-bond donors (Lipinski definition) is 0. The summed E-state index contributed by atoms with van der Waals surface area (Å²) < 4.78 is 18.8. The van der Waals surface area contributed by atoms with Crippen molar-refractivity contribution >= 4 is 22.9 Å². The van der Waals surface area contributed by atoms with E-state index in [1.54, 1.807) is 31.1 Å². The topological polar surface area (TPSA) is 42.4 Å². The van der Waals surface area contributed by atoms with Gasteiger partial charge in [0.1, 0.15) is 5.82 Å². The molecular weight excluding hydrogens is 355 g/mol. The monoisotopic (exact) mass is 378 g/mol. The molecule has 1 heterocycles. The number of halogens is 1. The smallest absolute Gasteiger partial charge is 0.254 e. The predicted octanol–water partition coefficient (Wildman–Crippen LogP) is 4.48. The van der Waals surface area contributed by atoms with E-state index in [0.29, 0.717) is 41.9 Å². The van der Waals surface area contributed by atoms with E-state index in [4.69, 9.17) is 4.74 Å². The standard InChI is InChI=1S/C23H23FN2O2/c1-17-15-21(20-11-10-19(24)16-22(20)25-17)23(27)26(13-14-28-2)12-6-9-18-7-4-3-5-8-18/h3-11,15-16H,12-14H2,1-2H3. The Morgan fingerprint density at radius 2 is 1.96 bits per heavy atom. The highest BCUT2D eigenvalue weighted by Crippen LogP contribution is 2.21. The van der Waals surface area contributed by atoms with Crippen LogP contribution in [0.4, 0.5) is 4.39 Å². The minimum atomic E-state index is -0.369. The van der Waals surface area contributed by atoms with E-state index in [9.17, 15) is 9.18 Å². The zero-order chi connectivity index (χ0) is 19.9. The first-order chi connectivity index (χ1) is 13.6. The average molecular weight is 378 g/mol. The summed E-state index contributed by atoms with van der Waals surface area (Å²) in [5.74, 6) is -0.497. The number of ether oxygens (including phenoxy) is 1. The molecule has 0 N–H and O–H groups in total. The Kier molecular flexibility index (Phi) is 6.50. The third-order valence-corrected chi connectivity index (χ3v) is 4.42. The summed E-state index contributed by atoms with van der Waals surface area (Å²) in [4.78, 5) is 19.3. The van der Waals surface area contributed by atoms with Gasteiger partial charge in [0.25, 0.3) is 5.91 Å². The van der Waals surface area contributed by atoms with E-state index < -0.39 is 0 Å². The van der Waals surface area contributed by atoms with Crippen LogP contribution >= 0.6 is 0 Å². The summed E-state index contributed by atoms with van der Waals surface area (Å²) >= 11 is 0. The van der Waals surface area contributed by atoms with Crippen LogP contribution in [0.1, 0.15) is 21.6 Å². The Morgan fingerprint density at radius 1 is 1.18 bits per heavy atom. The molecular formula is C23H23FN2O2. The molecule has 28 heavy (non-hydrogen) atoms. The highest BCUT2D eigenvalue weighted by Gasteiger charge is 2.18. The van der Waals surface area contributed by atoms with Gasteiger partial charge in [-0.2, -0.15) is 0 Å².